The fourth-order valence-electron chi connectivity index (χ4n) is 2.40. The summed E-state index contributed by atoms with van der Waals surface area (Å²) < 4.78 is 5.93. The molecule has 1 aromatic carbocycles. The number of nitrogens with one attached hydrogen (secondary N) is 1. The van der Waals surface area contributed by atoms with Gasteiger partial charge in [-0.3, -0.25) is 0 Å². The standard InChI is InChI=1S/C17H25N3O/c1-4-9-13(3)16-19-20-17(21-16)15(18-12-5-2)14-10-7-6-8-11-14/h6-8,10-11,13,15,18H,4-5,9,12H2,1-3H3. The second-order valence-corrected chi connectivity index (χ2v) is 5.47. The number of hydrogen-bond donors (Lipinski definition) is 1. The summed E-state index contributed by atoms with van der Waals surface area (Å²) in [4.78, 5) is 0. The van der Waals surface area contributed by atoms with E-state index >= 15 is 0 Å². The van der Waals surface area contributed by atoms with E-state index in [-0.39, 0.29) is 6.04 Å². The molecular weight excluding hydrogens is 262 g/mol. The highest BCUT2D eigenvalue weighted by Gasteiger charge is 2.21. The Morgan fingerprint density at radius 3 is 2.43 bits per heavy atom. The minimum absolute atomic E-state index is 0.0266. The Morgan fingerprint density at radius 1 is 1.05 bits per heavy atom. The highest BCUT2D eigenvalue weighted by atomic mass is 16.4. The van der Waals surface area contributed by atoms with Gasteiger partial charge in [-0.1, -0.05) is 57.5 Å². The lowest BCUT2D eigenvalue weighted by Crippen LogP contribution is -2.23. The molecule has 0 aliphatic carbocycles. The molecule has 1 heterocycles. The third-order valence-electron chi connectivity index (χ3n) is 3.58. The second-order valence-electron chi connectivity index (χ2n) is 5.47. The molecule has 2 aromatic rings. The van der Waals surface area contributed by atoms with Gasteiger partial charge in [-0.05, 0) is 24.9 Å². The summed E-state index contributed by atoms with van der Waals surface area (Å²) >= 11 is 0. The Kier molecular flexibility index (Phi) is 5.93. The lowest BCUT2D eigenvalue weighted by Gasteiger charge is -2.15. The van der Waals surface area contributed by atoms with Crippen LogP contribution in [0.4, 0.5) is 0 Å². The molecule has 0 amide bonds. The van der Waals surface area contributed by atoms with E-state index in [9.17, 15) is 0 Å². The van der Waals surface area contributed by atoms with Gasteiger partial charge in [0.15, 0.2) is 0 Å². The van der Waals surface area contributed by atoms with Gasteiger partial charge in [0.2, 0.25) is 11.8 Å². The fourth-order valence-corrected chi connectivity index (χ4v) is 2.40. The summed E-state index contributed by atoms with van der Waals surface area (Å²) in [5.41, 5.74) is 1.16. The van der Waals surface area contributed by atoms with Gasteiger partial charge in [-0.25, -0.2) is 0 Å². The Bertz CT molecular complexity index is 524. The first-order valence-corrected chi connectivity index (χ1v) is 7.87. The molecule has 0 saturated carbocycles. The molecule has 2 rings (SSSR count). The van der Waals surface area contributed by atoms with E-state index in [1.54, 1.807) is 0 Å². The van der Waals surface area contributed by atoms with Crippen LogP contribution in [0, 0.1) is 0 Å². The van der Waals surface area contributed by atoms with Crippen LogP contribution in [0.25, 0.3) is 0 Å². The van der Waals surface area contributed by atoms with Crippen LogP contribution in [-0.4, -0.2) is 16.7 Å². The Labute approximate surface area is 127 Å². The van der Waals surface area contributed by atoms with Gasteiger partial charge in [-0.15, -0.1) is 10.2 Å². The largest absolute Gasteiger partial charge is 0.423 e. The molecule has 2 unspecified atom stereocenters. The van der Waals surface area contributed by atoms with Crippen molar-refractivity contribution in [2.75, 3.05) is 6.54 Å². The van der Waals surface area contributed by atoms with Crippen molar-refractivity contribution in [1.29, 1.82) is 0 Å². The van der Waals surface area contributed by atoms with Crippen LogP contribution >= 0.6 is 0 Å². The van der Waals surface area contributed by atoms with Gasteiger partial charge in [0.25, 0.3) is 0 Å². The number of benzene rings is 1. The van der Waals surface area contributed by atoms with Crippen molar-refractivity contribution in [1.82, 2.24) is 15.5 Å². The number of hydrogen-bond acceptors (Lipinski definition) is 4. The normalized spacial score (nSPS) is 14.0. The molecule has 1 aromatic heterocycles. The molecule has 0 radical (unpaired) electrons. The van der Waals surface area contributed by atoms with Gasteiger partial charge in [-0.2, -0.15) is 0 Å². The molecule has 0 aliphatic rings. The first-order chi connectivity index (χ1) is 10.3. The summed E-state index contributed by atoms with van der Waals surface area (Å²) in [5, 5.41) is 12.0. The highest BCUT2D eigenvalue weighted by molar-refractivity contribution is 5.23. The van der Waals surface area contributed by atoms with Crippen molar-refractivity contribution >= 4 is 0 Å². The summed E-state index contributed by atoms with van der Waals surface area (Å²) in [5.74, 6) is 1.72. The first kappa shape index (κ1) is 15.7. The van der Waals surface area contributed by atoms with Crippen LogP contribution in [0.15, 0.2) is 34.7 Å². The van der Waals surface area contributed by atoms with E-state index in [4.69, 9.17) is 4.42 Å². The van der Waals surface area contributed by atoms with Crippen LogP contribution in [0.3, 0.4) is 0 Å². The molecule has 0 fully saturated rings. The minimum Gasteiger partial charge on any atom is -0.423 e. The van der Waals surface area contributed by atoms with E-state index in [0.29, 0.717) is 11.8 Å². The molecule has 21 heavy (non-hydrogen) atoms. The Hall–Kier alpha value is -1.68. The van der Waals surface area contributed by atoms with Crippen molar-refractivity contribution in [3.05, 3.63) is 47.7 Å². The quantitative estimate of drug-likeness (QED) is 0.795. The predicted molar refractivity (Wildman–Crippen MR) is 84.2 cm³/mol. The highest BCUT2D eigenvalue weighted by Crippen LogP contribution is 2.25. The second kappa shape index (κ2) is 7.93. The lowest BCUT2D eigenvalue weighted by atomic mass is 10.1. The monoisotopic (exact) mass is 287 g/mol. The number of aromatic nitrogens is 2. The van der Waals surface area contributed by atoms with Crippen molar-refractivity contribution < 1.29 is 4.42 Å². The number of rotatable bonds is 8. The lowest BCUT2D eigenvalue weighted by molar-refractivity contribution is 0.382. The first-order valence-electron chi connectivity index (χ1n) is 7.87. The van der Waals surface area contributed by atoms with E-state index in [1.807, 2.05) is 18.2 Å². The van der Waals surface area contributed by atoms with E-state index < -0.39 is 0 Å². The maximum atomic E-state index is 5.93. The maximum absolute atomic E-state index is 5.93. The minimum atomic E-state index is -0.0266. The van der Waals surface area contributed by atoms with Crippen molar-refractivity contribution in [3.8, 4) is 0 Å². The molecular formula is C17H25N3O. The third kappa shape index (κ3) is 4.14. The van der Waals surface area contributed by atoms with Crippen LogP contribution in [0.1, 0.15) is 69.3 Å². The predicted octanol–water partition coefficient (Wildman–Crippen LogP) is 4.06. The summed E-state index contributed by atoms with van der Waals surface area (Å²) in [6.45, 7) is 7.38. The van der Waals surface area contributed by atoms with Crippen LogP contribution < -0.4 is 5.32 Å². The van der Waals surface area contributed by atoms with Gasteiger partial charge in [0.1, 0.15) is 6.04 Å². The third-order valence-corrected chi connectivity index (χ3v) is 3.58. The zero-order chi connectivity index (χ0) is 15.1. The SMILES string of the molecule is CCCNC(c1ccccc1)c1nnc(C(C)CCC)o1. The van der Waals surface area contributed by atoms with Gasteiger partial charge >= 0.3 is 0 Å². The van der Waals surface area contributed by atoms with Crippen LogP contribution in [0.5, 0.6) is 0 Å². The Morgan fingerprint density at radius 2 is 1.76 bits per heavy atom. The topological polar surface area (TPSA) is 51.0 Å². The fraction of sp³-hybridized carbons (Fsp3) is 0.529. The summed E-state index contributed by atoms with van der Waals surface area (Å²) in [6, 6.07) is 10.2. The van der Waals surface area contributed by atoms with Crippen molar-refractivity contribution in [2.24, 2.45) is 0 Å². The summed E-state index contributed by atoms with van der Waals surface area (Å²) in [7, 11) is 0. The Balaban J connectivity index is 2.21. The van der Waals surface area contributed by atoms with E-state index in [0.717, 1.165) is 37.3 Å². The molecule has 0 bridgehead atoms. The van der Waals surface area contributed by atoms with Gasteiger partial charge < -0.3 is 9.73 Å². The van der Waals surface area contributed by atoms with Crippen molar-refractivity contribution in [3.63, 3.8) is 0 Å². The van der Waals surface area contributed by atoms with E-state index in [1.165, 1.54) is 0 Å². The smallest absolute Gasteiger partial charge is 0.237 e. The average molecular weight is 287 g/mol. The van der Waals surface area contributed by atoms with Gasteiger partial charge in [0.05, 0.1) is 0 Å². The van der Waals surface area contributed by atoms with Crippen LogP contribution in [-0.2, 0) is 0 Å². The molecule has 4 nitrogen and oxygen atoms in total. The maximum Gasteiger partial charge on any atom is 0.237 e. The summed E-state index contributed by atoms with van der Waals surface area (Å²) in [6.07, 6.45) is 3.26. The molecule has 2 atom stereocenters. The molecule has 0 spiro atoms. The van der Waals surface area contributed by atoms with Crippen molar-refractivity contribution in [2.45, 2.75) is 52.0 Å². The zero-order valence-electron chi connectivity index (χ0n) is 13.2. The van der Waals surface area contributed by atoms with Crippen LogP contribution in [0.2, 0.25) is 0 Å². The average Bonchev–Trinajstić information content (AvgIpc) is 2.99. The molecule has 114 valence electrons. The molecule has 0 saturated heterocycles. The van der Waals surface area contributed by atoms with Gasteiger partial charge in [0, 0.05) is 5.92 Å². The molecule has 4 heteroatoms. The molecule has 1 N–H and O–H groups in total. The number of nitrogens with zero attached hydrogens (tertiary/aromatic N) is 2. The molecule has 0 aliphatic heterocycles. The van der Waals surface area contributed by atoms with E-state index in [2.05, 4.69) is 48.4 Å². The zero-order valence-corrected chi connectivity index (χ0v) is 13.2.